The number of methoxy groups -OCH3 is 1. The Morgan fingerprint density at radius 2 is 1.83 bits per heavy atom. The maximum absolute atomic E-state index is 12.9. The third-order valence-corrected chi connectivity index (χ3v) is 7.96. The van der Waals surface area contributed by atoms with Crippen molar-refractivity contribution < 1.29 is 9.53 Å². The number of hydrogen-bond donors (Lipinski definition) is 3. The zero-order valence-corrected chi connectivity index (χ0v) is 24.5. The molecule has 41 heavy (non-hydrogen) atoms. The first-order valence-electron chi connectivity index (χ1n) is 13.4. The van der Waals surface area contributed by atoms with Crippen LogP contribution in [0.1, 0.15) is 21.6 Å². The summed E-state index contributed by atoms with van der Waals surface area (Å²) in [5.74, 6) is 0.617. The number of anilines is 2. The number of nitrogens with one attached hydrogen (secondary N) is 3. The Morgan fingerprint density at radius 1 is 1.07 bits per heavy atom. The van der Waals surface area contributed by atoms with Crippen molar-refractivity contribution >= 4 is 51.4 Å². The van der Waals surface area contributed by atoms with Gasteiger partial charge in [-0.3, -0.25) is 14.5 Å². The van der Waals surface area contributed by atoms with E-state index in [2.05, 4.69) is 32.5 Å². The van der Waals surface area contributed by atoms with E-state index in [9.17, 15) is 9.59 Å². The molecule has 0 unspecified atom stereocenters. The highest BCUT2D eigenvalue weighted by Gasteiger charge is 2.17. The average Bonchev–Trinajstić information content (AvgIpc) is 2.96. The molecular formula is C30H32Cl2N6O3. The van der Waals surface area contributed by atoms with E-state index in [4.69, 9.17) is 32.9 Å². The van der Waals surface area contributed by atoms with Crippen LogP contribution in [0.15, 0.2) is 59.5 Å². The van der Waals surface area contributed by atoms with E-state index in [1.54, 1.807) is 42.6 Å². The maximum Gasteiger partial charge on any atom is 0.259 e. The average molecular weight is 596 g/mol. The molecule has 4 aromatic rings. The number of fused-ring (bicyclic) bond motifs is 1. The fraction of sp³-hybridized carbons (Fsp3) is 0.300. The zero-order chi connectivity index (χ0) is 28.9. The Bertz CT molecular complexity index is 1600. The number of hydrogen-bond acceptors (Lipinski definition) is 7. The lowest BCUT2D eigenvalue weighted by atomic mass is 10.1. The first-order valence-corrected chi connectivity index (χ1v) is 14.2. The quantitative estimate of drug-likeness (QED) is 0.261. The Hall–Kier alpha value is -3.63. The van der Waals surface area contributed by atoms with Crippen LogP contribution in [0.25, 0.3) is 10.8 Å². The van der Waals surface area contributed by atoms with E-state index in [1.807, 2.05) is 12.1 Å². The smallest absolute Gasteiger partial charge is 0.259 e. The zero-order valence-electron chi connectivity index (χ0n) is 23.0. The number of aromatic nitrogens is 2. The van der Waals surface area contributed by atoms with E-state index in [0.717, 1.165) is 38.3 Å². The number of nitrogens with zero attached hydrogens (tertiary/aromatic N) is 3. The predicted molar refractivity (Wildman–Crippen MR) is 164 cm³/mol. The van der Waals surface area contributed by atoms with Crippen molar-refractivity contribution in [3.63, 3.8) is 0 Å². The van der Waals surface area contributed by atoms with Gasteiger partial charge in [0.15, 0.2) is 0 Å². The summed E-state index contributed by atoms with van der Waals surface area (Å²) in [5, 5.41) is 8.44. The molecule has 0 spiro atoms. The lowest BCUT2D eigenvalue weighted by Crippen LogP contribution is -2.46. The molecule has 2 aromatic carbocycles. The molecule has 0 atom stereocenters. The Kier molecular flexibility index (Phi) is 9.09. The number of carbonyl (C=O) groups excluding carboxylic acids is 1. The third kappa shape index (κ3) is 6.82. The monoisotopic (exact) mass is 594 g/mol. The number of piperazine rings is 1. The van der Waals surface area contributed by atoms with Crippen LogP contribution >= 0.6 is 23.2 Å². The van der Waals surface area contributed by atoms with Crippen molar-refractivity contribution in [3.8, 4) is 5.75 Å². The van der Waals surface area contributed by atoms with Crippen LogP contribution in [0.2, 0.25) is 10.0 Å². The number of carbonyl (C=O) groups is 1. The molecule has 1 saturated heterocycles. The number of likely N-dealkylation sites (N-methyl/N-ethyl adjacent to an activating group) is 1. The minimum Gasteiger partial charge on any atom is -0.495 e. The molecule has 1 fully saturated rings. The van der Waals surface area contributed by atoms with Crippen LogP contribution in [-0.2, 0) is 6.42 Å². The molecule has 11 heteroatoms. The lowest BCUT2D eigenvalue weighted by Gasteiger charge is -2.32. The van der Waals surface area contributed by atoms with Gasteiger partial charge in [-0.25, -0.2) is 4.98 Å². The van der Waals surface area contributed by atoms with E-state index >= 15 is 0 Å². The van der Waals surface area contributed by atoms with Gasteiger partial charge in [-0.1, -0.05) is 29.3 Å². The summed E-state index contributed by atoms with van der Waals surface area (Å²) in [6.45, 7) is 5.43. The second kappa shape index (κ2) is 12.9. The van der Waals surface area contributed by atoms with Gasteiger partial charge in [-0.05, 0) is 60.5 Å². The number of halogens is 2. The molecule has 0 bridgehead atoms. The molecule has 2 aromatic heterocycles. The molecule has 0 aliphatic carbocycles. The SMILES string of the molecule is COc1cc(C(=O)NCCN2CCN(C)CC2)ccc1Nc1nc(Cc2c(Cl)cccc2Cl)cc2cc[nH]c(=O)c12. The summed E-state index contributed by atoms with van der Waals surface area (Å²) >= 11 is 12.8. The summed E-state index contributed by atoms with van der Waals surface area (Å²) in [7, 11) is 3.65. The molecule has 3 N–H and O–H groups in total. The largest absolute Gasteiger partial charge is 0.495 e. The summed E-state index contributed by atoms with van der Waals surface area (Å²) in [6, 6.07) is 14.2. The number of amides is 1. The van der Waals surface area contributed by atoms with Crippen molar-refractivity contribution in [1.29, 1.82) is 0 Å². The molecule has 9 nitrogen and oxygen atoms in total. The third-order valence-electron chi connectivity index (χ3n) is 7.25. The minimum absolute atomic E-state index is 0.178. The molecule has 1 amide bonds. The van der Waals surface area contributed by atoms with Gasteiger partial charge >= 0.3 is 0 Å². The molecule has 1 aliphatic heterocycles. The van der Waals surface area contributed by atoms with Crippen LogP contribution in [-0.4, -0.2) is 79.1 Å². The Labute approximate surface area is 248 Å². The molecule has 0 saturated carbocycles. The number of aromatic amines is 1. The van der Waals surface area contributed by atoms with Gasteiger partial charge in [0.05, 0.1) is 18.2 Å². The maximum atomic E-state index is 12.9. The van der Waals surface area contributed by atoms with Crippen molar-refractivity contribution in [3.05, 3.63) is 91.9 Å². The van der Waals surface area contributed by atoms with Crippen molar-refractivity contribution in [1.82, 2.24) is 25.1 Å². The molecule has 214 valence electrons. The molecule has 1 aliphatic rings. The second-order valence-corrected chi connectivity index (χ2v) is 10.9. The van der Waals surface area contributed by atoms with Crippen molar-refractivity contribution in [2.45, 2.75) is 6.42 Å². The Balaban J connectivity index is 1.37. The first kappa shape index (κ1) is 28.9. The molecule has 0 radical (unpaired) electrons. The van der Waals surface area contributed by atoms with Gasteiger partial charge in [0.2, 0.25) is 0 Å². The van der Waals surface area contributed by atoms with Gasteiger partial charge in [-0.2, -0.15) is 0 Å². The number of pyridine rings is 2. The molecular weight excluding hydrogens is 563 g/mol. The second-order valence-electron chi connectivity index (χ2n) is 10.1. The first-order chi connectivity index (χ1) is 19.8. The van der Waals surface area contributed by atoms with Crippen LogP contribution in [0, 0.1) is 0 Å². The van der Waals surface area contributed by atoms with Crippen LogP contribution in [0.4, 0.5) is 11.5 Å². The highest BCUT2D eigenvalue weighted by atomic mass is 35.5. The highest BCUT2D eigenvalue weighted by Crippen LogP contribution is 2.32. The fourth-order valence-electron chi connectivity index (χ4n) is 4.90. The number of ether oxygens (including phenoxy) is 1. The summed E-state index contributed by atoms with van der Waals surface area (Å²) in [6.07, 6.45) is 1.97. The van der Waals surface area contributed by atoms with Gasteiger partial charge in [0.25, 0.3) is 11.5 Å². The summed E-state index contributed by atoms with van der Waals surface area (Å²) in [5.41, 5.74) is 2.18. The normalized spacial score (nSPS) is 14.2. The topological polar surface area (TPSA) is 103 Å². The van der Waals surface area contributed by atoms with Crippen molar-refractivity contribution in [2.24, 2.45) is 0 Å². The summed E-state index contributed by atoms with van der Waals surface area (Å²) in [4.78, 5) is 37.8. The molecule has 3 heterocycles. The Morgan fingerprint density at radius 3 is 2.56 bits per heavy atom. The van der Waals surface area contributed by atoms with Gasteiger partial charge in [0.1, 0.15) is 11.6 Å². The number of benzene rings is 2. The predicted octanol–water partition coefficient (Wildman–Crippen LogP) is 4.55. The summed E-state index contributed by atoms with van der Waals surface area (Å²) < 4.78 is 5.61. The fourth-order valence-corrected chi connectivity index (χ4v) is 5.43. The molecule has 5 rings (SSSR count). The minimum atomic E-state index is -0.282. The lowest BCUT2D eigenvalue weighted by molar-refractivity contribution is 0.0940. The number of rotatable bonds is 9. The highest BCUT2D eigenvalue weighted by molar-refractivity contribution is 6.36. The van der Waals surface area contributed by atoms with Crippen molar-refractivity contribution in [2.75, 3.05) is 58.7 Å². The van der Waals surface area contributed by atoms with Crippen LogP contribution in [0.5, 0.6) is 5.75 Å². The van der Waals surface area contributed by atoms with E-state index in [0.29, 0.717) is 62.3 Å². The standard InChI is InChI=1S/C30H32Cl2N6O3/c1-37-12-14-38(15-13-37)11-10-34-29(39)20-6-7-25(26(17-20)41-2)36-28-27-19(8-9-33-30(27)40)16-21(35-28)18-22-23(31)4-3-5-24(22)32/h3-9,16-17H,10-15,18H2,1-2H3,(H,33,40)(H,34,39)(H,35,36). The van der Waals surface area contributed by atoms with E-state index in [-0.39, 0.29) is 11.5 Å². The van der Waals surface area contributed by atoms with Gasteiger partial charge in [0, 0.05) is 73.2 Å². The van der Waals surface area contributed by atoms with Crippen LogP contribution < -0.4 is 20.9 Å². The van der Waals surface area contributed by atoms with Gasteiger partial charge < -0.3 is 25.3 Å². The van der Waals surface area contributed by atoms with E-state index < -0.39 is 0 Å². The number of H-pyrrole nitrogens is 1. The van der Waals surface area contributed by atoms with E-state index in [1.165, 1.54) is 7.11 Å². The van der Waals surface area contributed by atoms with Crippen LogP contribution in [0.3, 0.4) is 0 Å². The van der Waals surface area contributed by atoms with Gasteiger partial charge in [-0.15, -0.1) is 0 Å².